The monoisotopic (exact) mass is 318 g/mol. The normalized spacial score (nSPS) is 15.8. The van der Waals surface area contributed by atoms with E-state index in [1.807, 2.05) is 0 Å². The predicted molar refractivity (Wildman–Crippen MR) is 99.5 cm³/mol. The fourth-order valence-corrected chi connectivity index (χ4v) is 3.62. The Bertz CT molecular complexity index is 835. The van der Waals surface area contributed by atoms with E-state index in [9.17, 15) is 0 Å². The van der Waals surface area contributed by atoms with E-state index in [0.29, 0.717) is 0 Å². The molecule has 0 spiro atoms. The lowest BCUT2D eigenvalue weighted by atomic mass is 10.1. The number of piperazine rings is 1. The number of nitrogens with zero attached hydrogens (tertiary/aromatic N) is 2. The van der Waals surface area contributed by atoms with Crippen molar-refractivity contribution in [2.24, 2.45) is 0 Å². The summed E-state index contributed by atoms with van der Waals surface area (Å²) in [4.78, 5) is 8.97. The molecule has 122 valence electrons. The van der Waals surface area contributed by atoms with E-state index in [2.05, 4.69) is 72.5 Å². The van der Waals surface area contributed by atoms with Gasteiger partial charge in [-0.2, -0.15) is 0 Å². The minimum atomic E-state index is 1.02. The smallest absolute Gasteiger partial charge is 0.120 e. The molecule has 0 saturated carbocycles. The molecule has 0 radical (unpaired) electrons. The van der Waals surface area contributed by atoms with Gasteiger partial charge in [-0.1, -0.05) is 42.5 Å². The van der Waals surface area contributed by atoms with E-state index >= 15 is 0 Å². The number of rotatable bonds is 3. The maximum atomic E-state index is 4.83. The van der Waals surface area contributed by atoms with E-state index in [0.717, 1.165) is 25.2 Å². The Morgan fingerprint density at radius 2 is 1.67 bits per heavy atom. The van der Waals surface area contributed by atoms with Crippen molar-refractivity contribution in [2.45, 2.75) is 13.5 Å². The lowest BCUT2D eigenvalue weighted by Gasteiger charge is -2.34. The molecule has 0 amide bonds. The number of hydrogen-bond donors (Lipinski definition) is 1. The Hall–Kier alpha value is -2.39. The van der Waals surface area contributed by atoms with Gasteiger partial charge in [0.1, 0.15) is 6.54 Å². The number of fused-ring (bicyclic) bond motifs is 1. The van der Waals surface area contributed by atoms with Crippen LogP contribution in [0.1, 0.15) is 11.3 Å². The highest BCUT2D eigenvalue weighted by Crippen LogP contribution is 2.19. The number of benzene rings is 2. The lowest BCUT2D eigenvalue weighted by molar-refractivity contribution is -0.914. The first-order valence-electron chi connectivity index (χ1n) is 8.78. The van der Waals surface area contributed by atoms with Gasteiger partial charge in [0.15, 0.2) is 0 Å². The van der Waals surface area contributed by atoms with E-state index in [1.54, 1.807) is 4.90 Å². The summed E-state index contributed by atoms with van der Waals surface area (Å²) in [6.07, 6.45) is 0. The van der Waals surface area contributed by atoms with Crippen LogP contribution in [0.2, 0.25) is 0 Å². The summed E-state index contributed by atoms with van der Waals surface area (Å²) in [5.41, 5.74) is 5.07. The summed E-state index contributed by atoms with van der Waals surface area (Å²) in [5, 5.41) is 1.22. The van der Waals surface area contributed by atoms with Gasteiger partial charge in [-0.25, -0.2) is 4.98 Å². The van der Waals surface area contributed by atoms with E-state index in [4.69, 9.17) is 4.98 Å². The molecule has 1 aliphatic heterocycles. The van der Waals surface area contributed by atoms with Crippen LogP contribution in [0.25, 0.3) is 10.9 Å². The molecule has 3 aromatic rings. The Labute approximate surface area is 143 Å². The first-order chi connectivity index (χ1) is 11.8. The zero-order chi connectivity index (χ0) is 16.4. The highest BCUT2D eigenvalue weighted by atomic mass is 15.3. The van der Waals surface area contributed by atoms with Gasteiger partial charge >= 0.3 is 0 Å². The van der Waals surface area contributed by atoms with Gasteiger partial charge in [0.2, 0.25) is 0 Å². The first kappa shape index (κ1) is 15.2. The van der Waals surface area contributed by atoms with Crippen molar-refractivity contribution in [1.29, 1.82) is 0 Å². The molecule has 1 aliphatic rings. The Kier molecular flexibility index (Phi) is 4.18. The highest BCUT2D eigenvalue weighted by molar-refractivity contribution is 5.78. The van der Waals surface area contributed by atoms with E-state index < -0.39 is 0 Å². The maximum absolute atomic E-state index is 4.83. The number of anilines is 1. The third kappa shape index (κ3) is 3.13. The zero-order valence-corrected chi connectivity index (χ0v) is 14.2. The maximum Gasteiger partial charge on any atom is 0.120 e. The van der Waals surface area contributed by atoms with Crippen LogP contribution < -0.4 is 9.80 Å². The molecular weight excluding hydrogens is 294 g/mol. The van der Waals surface area contributed by atoms with Gasteiger partial charge in [-0.05, 0) is 30.7 Å². The molecule has 2 heterocycles. The average Bonchev–Trinajstić information content (AvgIpc) is 2.63. The molecule has 1 aromatic heterocycles. The predicted octanol–water partition coefficient (Wildman–Crippen LogP) is 2.45. The summed E-state index contributed by atoms with van der Waals surface area (Å²) in [6, 6.07) is 21.4. The van der Waals surface area contributed by atoms with Gasteiger partial charge < -0.3 is 9.80 Å². The Balaban J connectivity index is 1.41. The zero-order valence-electron chi connectivity index (χ0n) is 14.2. The third-order valence-corrected chi connectivity index (χ3v) is 5.01. The van der Waals surface area contributed by atoms with E-state index in [-0.39, 0.29) is 0 Å². The van der Waals surface area contributed by atoms with Gasteiger partial charge in [0.25, 0.3) is 0 Å². The first-order valence-corrected chi connectivity index (χ1v) is 8.78. The Morgan fingerprint density at radius 1 is 0.917 bits per heavy atom. The molecular formula is C21H24N3+. The topological polar surface area (TPSA) is 20.6 Å². The molecule has 0 unspecified atom stereocenters. The largest absolute Gasteiger partial charge is 0.360 e. The summed E-state index contributed by atoms with van der Waals surface area (Å²) >= 11 is 0. The third-order valence-electron chi connectivity index (χ3n) is 5.01. The van der Waals surface area contributed by atoms with Crippen LogP contribution in [0.3, 0.4) is 0 Å². The summed E-state index contributed by atoms with van der Waals surface area (Å²) in [6.45, 7) is 7.80. The minimum Gasteiger partial charge on any atom is -0.360 e. The lowest BCUT2D eigenvalue weighted by Crippen LogP contribution is -3.13. The number of aryl methyl sites for hydroxylation is 1. The van der Waals surface area contributed by atoms with Gasteiger partial charge in [0.05, 0.1) is 37.4 Å². The summed E-state index contributed by atoms with van der Waals surface area (Å²) in [7, 11) is 0. The quantitative estimate of drug-likeness (QED) is 0.801. The van der Waals surface area contributed by atoms with Crippen LogP contribution in [0.15, 0.2) is 60.7 Å². The van der Waals surface area contributed by atoms with Crippen LogP contribution in [-0.4, -0.2) is 31.2 Å². The fraction of sp³-hybridized carbons (Fsp3) is 0.286. The molecule has 1 fully saturated rings. The Morgan fingerprint density at radius 3 is 2.50 bits per heavy atom. The second-order valence-electron chi connectivity index (χ2n) is 6.70. The average molecular weight is 318 g/mol. The molecule has 0 aliphatic carbocycles. The number of nitrogens with one attached hydrogen (secondary N) is 1. The van der Waals surface area contributed by atoms with Crippen LogP contribution in [0.5, 0.6) is 0 Å². The molecule has 0 bridgehead atoms. The molecule has 1 N–H and O–H groups in total. The number of hydrogen-bond acceptors (Lipinski definition) is 2. The highest BCUT2D eigenvalue weighted by Gasteiger charge is 2.21. The molecule has 4 rings (SSSR count). The van der Waals surface area contributed by atoms with E-state index in [1.165, 1.54) is 35.4 Å². The molecule has 3 heteroatoms. The van der Waals surface area contributed by atoms with Crippen molar-refractivity contribution in [3.63, 3.8) is 0 Å². The van der Waals surface area contributed by atoms with Crippen molar-refractivity contribution >= 4 is 16.6 Å². The molecule has 0 atom stereocenters. The van der Waals surface area contributed by atoms with Gasteiger partial charge in [-0.15, -0.1) is 0 Å². The SMILES string of the molecule is Cc1ccccc1N1CC[NH+](Cc2ccc3ccccc3n2)CC1. The second kappa shape index (κ2) is 6.62. The molecule has 3 nitrogen and oxygen atoms in total. The van der Waals surface area contributed by atoms with Crippen LogP contribution in [0.4, 0.5) is 5.69 Å². The second-order valence-corrected chi connectivity index (χ2v) is 6.70. The number of quaternary nitrogens is 1. The van der Waals surface area contributed by atoms with Crippen LogP contribution >= 0.6 is 0 Å². The minimum absolute atomic E-state index is 1.02. The van der Waals surface area contributed by atoms with Crippen LogP contribution in [0, 0.1) is 6.92 Å². The van der Waals surface area contributed by atoms with Crippen molar-refractivity contribution < 1.29 is 4.90 Å². The molecule has 2 aromatic carbocycles. The van der Waals surface area contributed by atoms with Crippen LogP contribution in [-0.2, 0) is 6.54 Å². The van der Waals surface area contributed by atoms with Crippen molar-refractivity contribution in [3.05, 3.63) is 71.9 Å². The number of aromatic nitrogens is 1. The standard InChI is InChI=1S/C21H23N3/c1-17-6-2-5-9-21(17)24-14-12-23(13-15-24)16-19-11-10-18-7-3-4-8-20(18)22-19/h2-11H,12-16H2,1H3/p+1. The molecule has 24 heavy (non-hydrogen) atoms. The fourth-order valence-electron chi connectivity index (χ4n) is 3.62. The summed E-state index contributed by atoms with van der Waals surface area (Å²) < 4.78 is 0. The van der Waals surface area contributed by atoms with Gasteiger partial charge in [-0.3, -0.25) is 0 Å². The number of para-hydroxylation sites is 2. The van der Waals surface area contributed by atoms with Gasteiger partial charge in [0, 0.05) is 11.1 Å². The van der Waals surface area contributed by atoms with Crippen molar-refractivity contribution in [1.82, 2.24) is 4.98 Å². The van der Waals surface area contributed by atoms with Crippen molar-refractivity contribution in [2.75, 3.05) is 31.1 Å². The summed E-state index contributed by atoms with van der Waals surface area (Å²) in [5.74, 6) is 0. The number of pyridine rings is 1. The molecule has 1 saturated heterocycles. The van der Waals surface area contributed by atoms with Crippen molar-refractivity contribution in [3.8, 4) is 0 Å².